The number of hydrogen-bond acceptors (Lipinski definition) is 4. The first-order chi connectivity index (χ1) is 8.85. The van der Waals surface area contributed by atoms with E-state index in [1.807, 2.05) is 36.4 Å². The Balaban J connectivity index is 2.36. The number of rotatable bonds is 4. The standard InChI is InChI=1S/C14H14N2O2/c1-17-13-4-3-5-14(18-2)12(13)7-6-11-8-9-15-10-16-11/h3-10H,1-2H3/b7-6+. The molecule has 0 atom stereocenters. The van der Waals surface area contributed by atoms with E-state index in [9.17, 15) is 0 Å². The SMILES string of the molecule is COc1cccc(OC)c1/C=C/c1ccncn1. The van der Waals surface area contributed by atoms with Crippen molar-refractivity contribution in [2.75, 3.05) is 14.2 Å². The lowest BCUT2D eigenvalue weighted by molar-refractivity contribution is 0.392. The van der Waals surface area contributed by atoms with E-state index in [4.69, 9.17) is 9.47 Å². The molecule has 2 rings (SSSR count). The summed E-state index contributed by atoms with van der Waals surface area (Å²) in [6.07, 6.45) is 7.02. The lowest BCUT2D eigenvalue weighted by Gasteiger charge is -2.09. The summed E-state index contributed by atoms with van der Waals surface area (Å²) in [5, 5.41) is 0. The van der Waals surface area contributed by atoms with Crippen LogP contribution in [0.1, 0.15) is 11.3 Å². The molecule has 1 heterocycles. The minimum absolute atomic E-state index is 0.764. The highest BCUT2D eigenvalue weighted by Crippen LogP contribution is 2.29. The molecule has 0 bridgehead atoms. The summed E-state index contributed by atoms with van der Waals surface area (Å²) in [6.45, 7) is 0. The van der Waals surface area contributed by atoms with Crippen molar-refractivity contribution in [2.45, 2.75) is 0 Å². The average Bonchev–Trinajstić information content (AvgIpc) is 2.45. The van der Waals surface area contributed by atoms with Crippen LogP contribution in [0.4, 0.5) is 0 Å². The zero-order valence-corrected chi connectivity index (χ0v) is 10.3. The third-order valence-corrected chi connectivity index (χ3v) is 2.49. The molecule has 0 spiro atoms. The van der Waals surface area contributed by atoms with Crippen molar-refractivity contribution in [1.29, 1.82) is 0 Å². The lowest BCUT2D eigenvalue weighted by Crippen LogP contribution is -1.92. The zero-order chi connectivity index (χ0) is 12.8. The van der Waals surface area contributed by atoms with Gasteiger partial charge in [0, 0.05) is 6.20 Å². The largest absolute Gasteiger partial charge is 0.496 e. The van der Waals surface area contributed by atoms with Crippen LogP contribution in [0.2, 0.25) is 0 Å². The van der Waals surface area contributed by atoms with E-state index >= 15 is 0 Å². The molecule has 0 saturated heterocycles. The Morgan fingerprint density at radius 3 is 2.28 bits per heavy atom. The molecular weight excluding hydrogens is 228 g/mol. The number of methoxy groups -OCH3 is 2. The minimum atomic E-state index is 0.764. The number of hydrogen-bond donors (Lipinski definition) is 0. The second kappa shape index (κ2) is 5.82. The fraction of sp³-hybridized carbons (Fsp3) is 0.143. The second-order valence-corrected chi connectivity index (χ2v) is 3.54. The van der Waals surface area contributed by atoms with E-state index in [0.29, 0.717) is 0 Å². The monoisotopic (exact) mass is 242 g/mol. The van der Waals surface area contributed by atoms with Gasteiger partial charge in [0.05, 0.1) is 25.5 Å². The van der Waals surface area contributed by atoms with Crippen LogP contribution >= 0.6 is 0 Å². The van der Waals surface area contributed by atoms with E-state index in [1.54, 1.807) is 20.4 Å². The Morgan fingerprint density at radius 1 is 1.00 bits per heavy atom. The molecule has 0 radical (unpaired) electrons. The number of benzene rings is 1. The quantitative estimate of drug-likeness (QED) is 0.826. The Labute approximate surface area is 106 Å². The van der Waals surface area contributed by atoms with Gasteiger partial charge in [-0.05, 0) is 30.4 Å². The first-order valence-corrected chi connectivity index (χ1v) is 5.50. The molecule has 0 fully saturated rings. The summed E-state index contributed by atoms with van der Waals surface area (Å²) in [5.74, 6) is 1.53. The first-order valence-electron chi connectivity index (χ1n) is 5.50. The van der Waals surface area contributed by atoms with Crippen LogP contribution in [0.5, 0.6) is 11.5 Å². The van der Waals surface area contributed by atoms with Crippen LogP contribution in [0.15, 0.2) is 36.8 Å². The highest BCUT2D eigenvalue weighted by molar-refractivity contribution is 5.74. The van der Waals surface area contributed by atoms with Crippen molar-refractivity contribution in [3.8, 4) is 11.5 Å². The third-order valence-electron chi connectivity index (χ3n) is 2.49. The van der Waals surface area contributed by atoms with Gasteiger partial charge in [-0.3, -0.25) is 0 Å². The van der Waals surface area contributed by atoms with Gasteiger partial charge < -0.3 is 9.47 Å². The normalized spacial score (nSPS) is 10.6. The summed E-state index contributed by atoms with van der Waals surface area (Å²) in [4.78, 5) is 8.00. The van der Waals surface area contributed by atoms with Crippen LogP contribution in [-0.2, 0) is 0 Å². The van der Waals surface area contributed by atoms with Crippen molar-refractivity contribution < 1.29 is 9.47 Å². The van der Waals surface area contributed by atoms with Crippen molar-refractivity contribution >= 4 is 12.2 Å². The van der Waals surface area contributed by atoms with E-state index < -0.39 is 0 Å². The highest BCUT2D eigenvalue weighted by Gasteiger charge is 2.05. The third kappa shape index (κ3) is 2.66. The van der Waals surface area contributed by atoms with Crippen LogP contribution in [0, 0.1) is 0 Å². The van der Waals surface area contributed by atoms with Gasteiger partial charge in [-0.1, -0.05) is 6.07 Å². The maximum atomic E-state index is 5.31. The van der Waals surface area contributed by atoms with Crippen molar-refractivity contribution in [3.05, 3.63) is 48.0 Å². The fourth-order valence-corrected chi connectivity index (χ4v) is 1.61. The van der Waals surface area contributed by atoms with E-state index in [1.165, 1.54) is 6.33 Å². The van der Waals surface area contributed by atoms with Gasteiger partial charge in [-0.2, -0.15) is 0 Å². The summed E-state index contributed by atoms with van der Waals surface area (Å²) >= 11 is 0. The molecule has 0 aliphatic carbocycles. The Morgan fingerprint density at radius 2 is 1.72 bits per heavy atom. The molecule has 4 nitrogen and oxygen atoms in total. The smallest absolute Gasteiger partial charge is 0.129 e. The fourth-order valence-electron chi connectivity index (χ4n) is 1.61. The molecule has 0 amide bonds. The lowest BCUT2D eigenvalue weighted by atomic mass is 10.1. The Kier molecular flexibility index (Phi) is 3.91. The van der Waals surface area contributed by atoms with E-state index in [2.05, 4.69) is 9.97 Å². The molecule has 0 unspecified atom stereocenters. The van der Waals surface area contributed by atoms with Gasteiger partial charge in [-0.25, -0.2) is 9.97 Å². The van der Waals surface area contributed by atoms with Crippen molar-refractivity contribution in [2.24, 2.45) is 0 Å². The molecule has 1 aromatic heterocycles. The maximum Gasteiger partial charge on any atom is 0.129 e. The van der Waals surface area contributed by atoms with Crippen LogP contribution < -0.4 is 9.47 Å². The topological polar surface area (TPSA) is 44.2 Å². The van der Waals surface area contributed by atoms with Crippen molar-refractivity contribution in [3.63, 3.8) is 0 Å². The molecule has 0 aliphatic heterocycles. The van der Waals surface area contributed by atoms with Crippen molar-refractivity contribution in [1.82, 2.24) is 9.97 Å². The number of aromatic nitrogens is 2. The molecular formula is C14H14N2O2. The maximum absolute atomic E-state index is 5.31. The Bertz CT molecular complexity index is 516. The van der Waals surface area contributed by atoms with Gasteiger partial charge in [0.2, 0.25) is 0 Å². The van der Waals surface area contributed by atoms with Gasteiger partial charge in [0.25, 0.3) is 0 Å². The van der Waals surface area contributed by atoms with Gasteiger partial charge in [0.1, 0.15) is 17.8 Å². The highest BCUT2D eigenvalue weighted by atomic mass is 16.5. The first kappa shape index (κ1) is 12.1. The number of ether oxygens (including phenoxy) is 2. The van der Waals surface area contributed by atoms with E-state index in [-0.39, 0.29) is 0 Å². The van der Waals surface area contributed by atoms with Crippen LogP contribution in [0.3, 0.4) is 0 Å². The molecule has 2 aromatic rings. The average molecular weight is 242 g/mol. The predicted octanol–water partition coefficient (Wildman–Crippen LogP) is 2.66. The van der Waals surface area contributed by atoms with E-state index in [0.717, 1.165) is 22.8 Å². The summed E-state index contributed by atoms with van der Waals surface area (Å²) in [6, 6.07) is 7.50. The minimum Gasteiger partial charge on any atom is -0.496 e. The Hall–Kier alpha value is -2.36. The molecule has 0 aliphatic rings. The molecule has 1 aromatic carbocycles. The number of nitrogens with zero attached hydrogens (tertiary/aromatic N) is 2. The molecule has 0 N–H and O–H groups in total. The zero-order valence-electron chi connectivity index (χ0n) is 10.3. The molecule has 0 saturated carbocycles. The second-order valence-electron chi connectivity index (χ2n) is 3.54. The summed E-state index contributed by atoms with van der Waals surface area (Å²) < 4.78 is 10.6. The van der Waals surface area contributed by atoms with Gasteiger partial charge >= 0.3 is 0 Å². The molecule has 4 heteroatoms. The van der Waals surface area contributed by atoms with Gasteiger partial charge in [0.15, 0.2) is 0 Å². The summed E-state index contributed by atoms with van der Waals surface area (Å²) in [7, 11) is 3.27. The molecule has 18 heavy (non-hydrogen) atoms. The predicted molar refractivity (Wildman–Crippen MR) is 70.5 cm³/mol. The van der Waals surface area contributed by atoms with Crippen LogP contribution in [0.25, 0.3) is 12.2 Å². The van der Waals surface area contributed by atoms with Gasteiger partial charge in [-0.15, -0.1) is 0 Å². The van der Waals surface area contributed by atoms with Crippen LogP contribution in [-0.4, -0.2) is 24.2 Å². The molecule has 92 valence electrons. The summed E-state index contributed by atoms with van der Waals surface area (Å²) in [5.41, 5.74) is 1.72.